The average molecular weight is 588 g/mol. The summed E-state index contributed by atoms with van der Waals surface area (Å²) in [4.78, 5) is 55.2. The van der Waals surface area contributed by atoms with E-state index in [2.05, 4.69) is 16.1 Å². The van der Waals surface area contributed by atoms with E-state index in [9.17, 15) is 19.2 Å². The molecule has 0 heterocycles. The molecular formula is C34H41N3O6. The molecule has 3 rings (SSSR count). The van der Waals surface area contributed by atoms with E-state index in [1.54, 1.807) is 0 Å². The van der Waals surface area contributed by atoms with Crippen molar-refractivity contribution in [2.24, 2.45) is 0 Å². The third kappa shape index (κ3) is 14.3. The minimum Gasteiger partial charge on any atom is -0.461 e. The number of esters is 1. The van der Waals surface area contributed by atoms with Gasteiger partial charge in [0.15, 0.2) is 0 Å². The Hall–Kier alpha value is -4.50. The van der Waals surface area contributed by atoms with Gasteiger partial charge in [-0.25, -0.2) is 5.48 Å². The monoisotopic (exact) mass is 587 g/mol. The van der Waals surface area contributed by atoms with Crippen LogP contribution >= 0.6 is 0 Å². The molecular weight excluding hydrogens is 546 g/mol. The topological polar surface area (TPSA) is 123 Å². The molecule has 0 saturated heterocycles. The number of hydroxylamine groups is 1. The zero-order valence-corrected chi connectivity index (χ0v) is 24.5. The molecule has 9 heteroatoms. The maximum Gasteiger partial charge on any atom is 0.306 e. The Morgan fingerprint density at radius 2 is 1.14 bits per heavy atom. The number of benzene rings is 3. The summed E-state index contributed by atoms with van der Waals surface area (Å²) in [5.41, 5.74) is 4.93. The van der Waals surface area contributed by atoms with Gasteiger partial charge < -0.3 is 15.4 Å². The molecule has 9 nitrogen and oxygen atoms in total. The number of rotatable bonds is 19. The van der Waals surface area contributed by atoms with E-state index in [4.69, 9.17) is 9.57 Å². The van der Waals surface area contributed by atoms with Gasteiger partial charge in [0.2, 0.25) is 11.8 Å². The summed E-state index contributed by atoms with van der Waals surface area (Å²) in [5, 5.41) is 5.62. The Kier molecular flexibility index (Phi) is 15.0. The van der Waals surface area contributed by atoms with Crippen molar-refractivity contribution < 1.29 is 28.8 Å². The van der Waals surface area contributed by atoms with Gasteiger partial charge in [0.05, 0.1) is 6.61 Å². The van der Waals surface area contributed by atoms with Crippen LogP contribution < -0.4 is 16.1 Å². The van der Waals surface area contributed by atoms with Crippen LogP contribution in [0.5, 0.6) is 0 Å². The van der Waals surface area contributed by atoms with Gasteiger partial charge in [-0.05, 0) is 42.5 Å². The van der Waals surface area contributed by atoms with Crippen LogP contribution in [0.1, 0.15) is 68.9 Å². The van der Waals surface area contributed by atoms with Crippen LogP contribution in [0.2, 0.25) is 0 Å². The fourth-order valence-electron chi connectivity index (χ4n) is 4.29. The highest BCUT2D eigenvalue weighted by Gasteiger charge is 2.22. The molecule has 0 fully saturated rings. The first-order chi connectivity index (χ1) is 21.0. The highest BCUT2D eigenvalue weighted by molar-refractivity contribution is 5.90. The predicted octanol–water partition coefficient (Wildman–Crippen LogP) is 5.61. The number of para-hydroxylation sites is 1. The van der Waals surface area contributed by atoms with Gasteiger partial charge in [-0.1, -0.05) is 98.1 Å². The Balaban J connectivity index is 1.36. The van der Waals surface area contributed by atoms with Crippen LogP contribution in [0.15, 0.2) is 91.0 Å². The number of hydrogen-bond acceptors (Lipinski definition) is 6. The number of ether oxygens (including phenoxy) is 1. The summed E-state index contributed by atoms with van der Waals surface area (Å²) in [5.74, 6) is -1.28. The fraction of sp³-hybridized carbons (Fsp3) is 0.353. The van der Waals surface area contributed by atoms with Crippen LogP contribution in [-0.4, -0.2) is 29.7 Å². The third-order valence-electron chi connectivity index (χ3n) is 6.65. The third-order valence-corrected chi connectivity index (χ3v) is 6.65. The van der Waals surface area contributed by atoms with Crippen LogP contribution in [0.4, 0.5) is 5.69 Å². The Morgan fingerprint density at radius 1 is 0.605 bits per heavy atom. The molecule has 3 aromatic rings. The number of nitrogens with one attached hydrogen (secondary N) is 3. The van der Waals surface area contributed by atoms with Crippen molar-refractivity contribution in [2.75, 3.05) is 5.32 Å². The van der Waals surface area contributed by atoms with E-state index in [1.165, 1.54) is 0 Å². The molecule has 0 radical (unpaired) electrons. The van der Waals surface area contributed by atoms with Crippen molar-refractivity contribution in [3.05, 3.63) is 102 Å². The molecule has 0 spiro atoms. The Bertz CT molecular complexity index is 1250. The van der Waals surface area contributed by atoms with Crippen molar-refractivity contribution in [1.29, 1.82) is 0 Å². The second-order valence-corrected chi connectivity index (χ2v) is 10.2. The molecule has 43 heavy (non-hydrogen) atoms. The molecule has 3 aromatic carbocycles. The highest BCUT2D eigenvalue weighted by atomic mass is 16.6. The summed E-state index contributed by atoms with van der Waals surface area (Å²) < 4.78 is 5.32. The van der Waals surface area contributed by atoms with Crippen molar-refractivity contribution in [3.63, 3.8) is 0 Å². The molecule has 3 N–H and O–H groups in total. The smallest absolute Gasteiger partial charge is 0.306 e. The summed E-state index contributed by atoms with van der Waals surface area (Å²) in [7, 11) is 0. The van der Waals surface area contributed by atoms with E-state index in [0.29, 0.717) is 12.8 Å². The zero-order chi connectivity index (χ0) is 30.5. The average Bonchev–Trinajstić information content (AvgIpc) is 3.03. The van der Waals surface area contributed by atoms with Crippen molar-refractivity contribution in [2.45, 2.75) is 77.0 Å². The summed E-state index contributed by atoms with van der Waals surface area (Å²) in [6, 6.07) is 27.1. The molecule has 0 aliphatic heterocycles. The minimum absolute atomic E-state index is 0.00779. The van der Waals surface area contributed by atoms with Crippen molar-refractivity contribution in [1.82, 2.24) is 10.8 Å². The normalized spacial score (nSPS) is 11.3. The van der Waals surface area contributed by atoms with Gasteiger partial charge >= 0.3 is 5.97 Å². The lowest BCUT2D eigenvalue weighted by atomic mass is 10.1. The van der Waals surface area contributed by atoms with E-state index in [0.717, 1.165) is 42.5 Å². The number of amides is 3. The van der Waals surface area contributed by atoms with Gasteiger partial charge in [0.25, 0.3) is 5.91 Å². The Morgan fingerprint density at radius 3 is 1.77 bits per heavy atom. The maximum absolute atomic E-state index is 12.8. The molecule has 0 saturated carbocycles. The van der Waals surface area contributed by atoms with Crippen molar-refractivity contribution in [3.8, 4) is 0 Å². The minimum atomic E-state index is -0.948. The van der Waals surface area contributed by atoms with Gasteiger partial charge in [-0.3, -0.25) is 24.0 Å². The Labute approximate surface area is 253 Å². The second-order valence-electron chi connectivity index (χ2n) is 10.2. The molecule has 228 valence electrons. The highest BCUT2D eigenvalue weighted by Crippen LogP contribution is 2.11. The lowest BCUT2D eigenvalue weighted by Gasteiger charge is -2.18. The van der Waals surface area contributed by atoms with Crippen molar-refractivity contribution >= 4 is 29.4 Å². The molecule has 0 unspecified atom stereocenters. The van der Waals surface area contributed by atoms with Gasteiger partial charge in [-0.2, -0.15) is 0 Å². The summed E-state index contributed by atoms with van der Waals surface area (Å²) >= 11 is 0. The van der Waals surface area contributed by atoms with Gasteiger partial charge in [0, 0.05) is 24.9 Å². The number of anilines is 1. The SMILES string of the molecule is O=C(CCCCCCCC(=O)N[C@H](CCC(=O)OCc1ccccc1)C(=O)NOCc1ccccc1)Nc1ccccc1. The quantitative estimate of drug-likeness (QED) is 0.0952. The van der Waals surface area contributed by atoms with E-state index < -0.39 is 17.9 Å². The predicted molar refractivity (Wildman–Crippen MR) is 164 cm³/mol. The van der Waals surface area contributed by atoms with E-state index in [1.807, 2.05) is 91.0 Å². The molecule has 0 aliphatic carbocycles. The lowest BCUT2D eigenvalue weighted by molar-refractivity contribution is -0.146. The first-order valence-corrected chi connectivity index (χ1v) is 14.8. The lowest BCUT2D eigenvalue weighted by Crippen LogP contribution is -2.46. The fourth-order valence-corrected chi connectivity index (χ4v) is 4.29. The first kappa shape index (κ1) is 33.0. The largest absolute Gasteiger partial charge is 0.461 e. The van der Waals surface area contributed by atoms with E-state index >= 15 is 0 Å². The van der Waals surface area contributed by atoms with Crippen LogP contribution in [0, 0.1) is 0 Å². The molecule has 0 bridgehead atoms. The molecule has 0 aromatic heterocycles. The van der Waals surface area contributed by atoms with Crippen LogP contribution in [-0.2, 0) is 42.0 Å². The van der Waals surface area contributed by atoms with Crippen LogP contribution in [0.25, 0.3) is 0 Å². The number of hydrogen-bond donors (Lipinski definition) is 3. The summed E-state index contributed by atoms with van der Waals surface area (Å²) in [6.45, 7) is 0.307. The molecule has 3 amide bonds. The summed E-state index contributed by atoms with van der Waals surface area (Å²) in [6.07, 6.45) is 4.78. The zero-order valence-electron chi connectivity index (χ0n) is 24.5. The van der Waals surface area contributed by atoms with Gasteiger partial charge in [0.1, 0.15) is 12.6 Å². The number of carbonyl (C=O) groups is 4. The van der Waals surface area contributed by atoms with Gasteiger partial charge in [-0.15, -0.1) is 0 Å². The number of unbranched alkanes of at least 4 members (excludes halogenated alkanes) is 4. The first-order valence-electron chi connectivity index (χ1n) is 14.8. The number of carbonyl (C=O) groups excluding carboxylic acids is 4. The second kappa shape index (κ2) is 19.6. The molecule has 1 atom stereocenters. The molecule has 0 aliphatic rings. The maximum atomic E-state index is 12.8. The van der Waals surface area contributed by atoms with E-state index in [-0.39, 0.29) is 44.3 Å². The van der Waals surface area contributed by atoms with Crippen LogP contribution in [0.3, 0.4) is 0 Å². The standard InChI is InChI=1S/C34H41N3O6/c38-31(35-29-19-11-6-12-20-29)21-13-2-1-3-14-22-32(39)36-30(34(41)37-43-26-28-17-9-5-10-18-28)23-24-33(40)42-25-27-15-7-4-8-16-27/h4-12,15-20,30H,1-3,13-14,21-26H2,(H,35,38)(H,36,39)(H,37,41)/t30-/m1/s1.